The Bertz CT molecular complexity index is 635. The van der Waals surface area contributed by atoms with E-state index < -0.39 is 0 Å². The largest absolute Gasteiger partial charge is 0.467 e. The number of hydrogen-bond donors (Lipinski definition) is 0. The van der Waals surface area contributed by atoms with E-state index >= 15 is 0 Å². The van der Waals surface area contributed by atoms with E-state index in [1.165, 1.54) is 5.56 Å². The van der Waals surface area contributed by atoms with Crippen LogP contribution in [0.1, 0.15) is 24.2 Å². The average molecular weight is 316 g/mol. The highest BCUT2D eigenvalue weighted by atomic mass is 16.3. The number of nitrogens with zero attached hydrogens (tertiary/aromatic N) is 4. The Morgan fingerprint density at radius 3 is 3.09 bits per heavy atom. The summed E-state index contributed by atoms with van der Waals surface area (Å²) in [4.78, 5) is 16.5. The van der Waals surface area contributed by atoms with Crippen molar-refractivity contribution in [2.75, 3.05) is 20.1 Å². The van der Waals surface area contributed by atoms with Gasteiger partial charge in [0, 0.05) is 19.3 Å². The Hall–Kier alpha value is -2.08. The number of likely N-dealkylation sites (tertiary alicyclic amines) is 1. The number of carbonyl (C=O) groups is 1. The predicted molar refractivity (Wildman–Crippen MR) is 86.7 cm³/mol. The highest BCUT2D eigenvalue weighted by molar-refractivity contribution is 5.78. The van der Waals surface area contributed by atoms with Crippen LogP contribution in [0.4, 0.5) is 0 Å². The van der Waals surface area contributed by atoms with E-state index in [9.17, 15) is 4.79 Å². The third-order valence-corrected chi connectivity index (χ3v) is 4.40. The number of amides is 1. The quantitative estimate of drug-likeness (QED) is 0.817. The lowest BCUT2D eigenvalue weighted by Gasteiger charge is -2.26. The van der Waals surface area contributed by atoms with Crippen molar-refractivity contribution < 1.29 is 9.21 Å². The van der Waals surface area contributed by atoms with Gasteiger partial charge in [0.05, 0.1) is 32.1 Å². The van der Waals surface area contributed by atoms with E-state index in [2.05, 4.69) is 16.2 Å². The van der Waals surface area contributed by atoms with Crippen molar-refractivity contribution >= 4 is 5.91 Å². The van der Waals surface area contributed by atoms with Crippen molar-refractivity contribution in [3.8, 4) is 0 Å². The van der Waals surface area contributed by atoms with Crippen LogP contribution in [0.3, 0.4) is 0 Å². The zero-order valence-electron chi connectivity index (χ0n) is 13.8. The van der Waals surface area contributed by atoms with Crippen molar-refractivity contribution in [3.05, 3.63) is 42.1 Å². The molecule has 1 aliphatic heterocycles. The van der Waals surface area contributed by atoms with Crippen LogP contribution in [-0.2, 0) is 17.9 Å². The van der Waals surface area contributed by atoms with E-state index in [0.29, 0.717) is 19.1 Å². The Kier molecular flexibility index (Phi) is 4.81. The van der Waals surface area contributed by atoms with Crippen LogP contribution < -0.4 is 0 Å². The van der Waals surface area contributed by atoms with E-state index in [4.69, 9.17) is 4.42 Å². The van der Waals surface area contributed by atoms with Crippen LogP contribution in [0.25, 0.3) is 0 Å². The highest BCUT2D eigenvalue weighted by Gasteiger charge is 2.27. The molecule has 0 N–H and O–H groups in total. The summed E-state index contributed by atoms with van der Waals surface area (Å²) in [6.07, 6.45) is 7.83. The summed E-state index contributed by atoms with van der Waals surface area (Å²) < 4.78 is 7.29. The molecule has 3 heterocycles. The van der Waals surface area contributed by atoms with Crippen LogP contribution in [-0.4, -0.2) is 51.7 Å². The Morgan fingerprint density at radius 2 is 2.39 bits per heavy atom. The third-order valence-electron chi connectivity index (χ3n) is 4.40. The SMILES string of the molecule is Cc1cnn(C[C@H]2CCCN2CC(=O)N(C)Cc2ccco2)c1. The van der Waals surface area contributed by atoms with Gasteiger partial charge in [0.15, 0.2) is 0 Å². The molecule has 23 heavy (non-hydrogen) atoms. The molecule has 0 bridgehead atoms. The molecule has 1 saturated heterocycles. The van der Waals surface area contributed by atoms with Crippen molar-refractivity contribution in [1.29, 1.82) is 0 Å². The monoisotopic (exact) mass is 316 g/mol. The topological polar surface area (TPSA) is 54.5 Å². The van der Waals surface area contributed by atoms with Crippen molar-refractivity contribution in [1.82, 2.24) is 19.6 Å². The normalized spacial score (nSPS) is 18.4. The molecule has 0 unspecified atom stereocenters. The second-order valence-corrected chi connectivity index (χ2v) is 6.34. The maximum Gasteiger partial charge on any atom is 0.236 e. The van der Waals surface area contributed by atoms with Gasteiger partial charge in [-0.2, -0.15) is 5.10 Å². The number of furan rings is 1. The molecule has 3 rings (SSSR count). The van der Waals surface area contributed by atoms with E-state index in [-0.39, 0.29) is 5.91 Å². The van der Waals surface area contributed by atoms with Crippen molar-refractivity contribution in [2.24, 2.45) is 0 Å². The third kappa shape index (κ3) is 4.01. The first-order chi connectivity index (χ1) is 11.1. The summed E-state index contributed by atoms with van der Waals surface area (Å²) in [7, 11) is 1.83. The molecule has 6 heteroatoms. The molecule has 0 aliphatic carbocycles. The minimum Gasteiger partial charge on any atom is -0.467 e. The molecule has 1 atom stereocenters. The molecule has 0 saturated carbocycles. The second-order valence-electron chi connectivity index (χ2n) is 6.34. The standard InChI is InChI=1S/C17H24N4O2/c1-14-9-18-21(10-14)11-15-5-3-7-20(15)13-17(22)19(2)12-16-6-4-8-23-16/h4,6,8-10,15H,3,5,7,11-13H2,1-2H3/t15-/m1/s1. The minimum absolute atomic E-state index is 0.130. The lowest BCUT2D eigenvalue weighted by Crippen LogP contribution is -2.41. The fourth-order valence-electron chi connectivity index (χ4n) is 3.11. The maximum atomic E-state index is 12.4. The first-order valence-corrected chi connectivity index (χ1v) is 8.11. The average Bonchev–Trinajstić information content (AvgIpc) is 3.24. The van der Waals surface area contributed by atoms with Gasteiger partial charge in [-0.25, -0.2) is 0 Å². The summed E-state index contributed by atoms with van der Waals surface area (Å²) in [5.41, 5.74) is 1.17. The van der Waals surface area contributed by atoms with Crippen molar-refractivity contribution in [2.45, 2.75) is 38.9 Å². The summed E-state index contributed by atoms with van der Waals surface area (Å²) in [5, 5.41) is 4.36. The molecular formula is C17H24N4O2. The van der Waals surface area contributed by atoms with Gasteiger partial charge in [-0.05, 0) is 44.0 Å². The highest BCUT2D eigenvalue weighted by Crippen LogP contribution is 2.19. The van der Waals surface area contributed by atoms with Gasteiger partial charge in [0.2, 0.25) is 5.91 Å². The van der Waals surface area contributed by atoms with Gasteiger partial charge in [-0.15, -0.1) is 0 Å². The number of likely N-dealkylation sites (N-methyl/N-ethyl adjacent to an activating group) is 1. The van der Waals surface area contributed by atoms with E-state index in [0.717, 1.165) is 31.7 Å². The zero-order chi connectivity index (χ0) is 16.2. The number of aryl methyl sites for hydroxylation is 1. The first kappa shape index (κ1) is 15.8. The summed E-state index contributed by atoms with van der Waals surface area (Å²) in [6.45, 7) is 4.85. The number of hydrogen-bond acceptors (Lipinski definition) is 4. The van der Waals surface area contributed by atoms with Crippen LogP contribution in [0.15, 0.2) is 35.2 Å². The van der Waals surface area contributed by atoms with Gasteiger partial charge in [-0.3, -0.25) is 14.4 Å². The summed E-state index contributed by atoms with van der Waals surface area (Å²) in [6, 6.07) is 4.12. The maximum absolute atomic E-state index is 12.4. The molecule has 0 radical (unpaired) electrons. The first-order valence-electron chi connectivity index (χ1n) is 8.11. The fourth-order valence-corrected chi connectivity index (χ4v) is 3.11. The lowest BCUT2D eigenvalue weighted by atomic mass is 10.2. The van der Waals surface area contributed by atoms with E-state index in [1.807, 2.05) is 37.0 Å². The van der Waals surface area contributed by atoms with Crippen LogP contribution >= 0.6 is 0 Å². The smallest absolute Gasteiger partial charge is 0.236 e. The number of rotatable bonds is 6. The minimum atomic E-state index is 0.130. The van der Waals surface area contributed by atoms with Crippen LogP contribution in [0, 0.1) is 6.92 Å². The molecule has 124 valence electrons. The molecule has 0 spiro atoms. The van der Waals surface area contributed by atoms with Gasteiger partial charge in [0.1, 0.15) is 5.76 Å². The van der Waals surface area contributed by atoms with Crippen molar-refractivity contribution in [3.63, 3.8) is 0 Å². The second kappa shape index (κ2) is 7.00. The zero-order valence-corrected chi connectivity index (χ0v) is 13.8. The Labute approximate surface area is 136 Å². The van der Waals surface area contributed by atoms with Gasteiger partial charge in [0.25, 0.3) is 0 Å². The van der Waals surface area contributed by atoms with Crippen LogP contribution in [0.5, 0.6) is 0 Å². The lowest BCUT2D eigenvalue weighted by molar-refractivity contribution is -0.132. The molecule has 2 aromatic heterocycles. The molecule has 0 aromatic carbocycles. The molecule has 6 nitrogen and oxygen atoms in total. The number of aromatic nitrogens is 2. The van der Waals surface area contributed by atoms with Crippen LogP contribution in [0.2, 0.25) is 0 Å². The molecule has 1 aliphatic rings. The fraction of sp³-hybridized carbons (Fsp3) is 0.529. The number of carbonyl (C=O) groups excluding carboxylic acids is 1. The molecular weight excluding hydrogens is 292 g/mol. The summed E-state index contributed by atoms with van der Waals surface area (Å²) >= 11 is 0. The Morgan fingerprint density at radius 1 is 1.52 bits per heavy atom. The molecule has 1 amide bonds. The van der Waals surface area contributed by atoms with Gasteiger partial charge < -0.3 is 9.32 Å². The Balaban J connectivity index is 1.54. The molecule has 2 aromatic rings. The summed E-state index contributed by atoms with van der Waals surface area (Å²) in [5.74, 6) is 0.941. The van der Waals surface area contributed by atoms with Gasteiger partial charge >= 0.3 is 0 Å². The molecule has 1 fully saturated rings. The van der Waals surface area contributed by atoms with Gasteiger partial charge in [-0.1, -0.05) is 0 Å². The van der Waals surface area contributed by atoms with E-state index in [1.54, 1.807) is 11.2 Å². The predicted octanol–water partition coefficient (Wildman–Crippen LogP) is 1.91.